The summed E-state index contributed by atoms with van der Waals surface area (Å²) in [7, 11) is 0. The first kappa shape index (κ1) is 16.0. The number of carbonyl (C=O) groups excluding carboxylic acids is 1. The average molecular weight is 349 g/mol. The maximum absolute atomic E-state index is 13.2. The average Bonchev–Trinajstić information content (AvgIpc) is 3.06. The van der Waals surface area contributed by atoms with Crippen molar-refractivity contribution in [3.05, 3.63) is 90.3 Å². The molecular weight excluding hydrogens is 336 g/mol. The molecule has 1 N–H and O–H groups in total. The quantitative estimate of drug-likeness (QED) is 0.589. The molecule has 0 aliphatic heterocycles. The second-order valence-corrected chi connectivity index (χ2v) is 5.76. The SMILES string of the molecule is O=C(Nc1ccc(-n2cnc3ccccc32)cc1)c1cc(F)cc(F)c1. The van der Waals surface area contributed by atoms with E-state index in [0.29, 0.717) is 5.69 Å². The van der Waals surface area contributed by atoms with Crippen LogP contribution < -0.4 is 5.32 Å². The Bertz CT molecular complexity index is 1080. The highest BCUT2D eigenvalue weighted by Gasteiger charge is 2.10. The third-order valence-corrected chi connectivity index (χ3v) is 3.98. The van der Waals surface area contributed by atoms with Gasteiger partial charge in [0, 0.05) is 23.0 Å². The van der Waals surface area contributed by atoms with E-state index in [9.17, 15) is 13.6 Å². The number of imidazole rings is 1. The summed E-state index contributed by atoms with van der Waals surface area (Å²) in [6.45, 7) is 0. The summed E-state index contributed by atoms with van der Waals surface area (Å²) < 4.78 is 28.4. The molecule has 0 saturated carbocycles. The Kier molecular flexibility index (Phi) is 3.93. The first-order valence-electron chi connectivity index (χ1n) is 7.90. The van der Waals surface area contributed by atoms with Gasteiger partial charge in [0.2, 0.25) is 0 Å². The minimum absolute atomic E-state index is 0.0767. The van der Waals surface area contributed by atoms with E-state index in [-0.39, 0.29) is 5.56 Å². The molecule has 6 heteroatoms. The monoisotopic (exact) mass is 349 g/mol. The molecule has 0 bridgehead atoms. The summed E-state index contributed by atoms with van der Waals surface area (Å²) in [5.74, 6) is -2.17. The van der Waals surface area contributed by atoms with Gasteiger partial charge in [0.25, 0.3) is 5.91 Å². The second kappa shape index (κ2) is 6.40. The van der Waals surface area contributed by atoms with Gasteiger partial charge in [-0.25, -0.2) is 13.8 Å². The Morgan fingerprint density at radius 1 is 0.923 bits per heavy atom. The molecule has 1 amide bonds. The summed E-state index contributed by atoms with van der Waals surface area (Å²) in [5, 5.41) is 2.63. The van der Waals surface area contributed by atoms with Crippen LogP contribution in [0.25, 0.3) is 16.7 Å². The number of halogens is 2. The highest BCUT2D eigenvalue weighted by atomic mass is 19.1. The summed E-state index contributed by atoms with van der Waals surface area (Å²) in [4.78, 5) is 16.5. The molecule has 4 nitrogen and oxygen atoms in total. The molecular formula is C20H13F2N3O. The van der Waals surface area contributed by atoms with Gasteiger partial charge in [-0.1, -0.05) is 12.1 Å². The van der Waals surface area contributed by atoms with E-state index < -0.39 is 17.5 Å². The summed E-state index contributed by atoms with van der Waals surface area (Å²) in [6, 6.07) is 17.6. The zero-order chi connectivity index (χ0) is 18.1. The topological polar surface area (TPSA) is 46.9 Å². The van der Waals surface area contributed by atoms with Crippen LogP contribution in [-0.4, -0.2) is 15.5 Å². The third kappa shape index (κ3) is 3.04. The number of carbonyl (C=O) groups is 1. The molecule has 4 rings (SSSR count). The number of benzene rings is 3. The number of nitrogens with zero attached hydrogens (tertiary/aromatic N) is 2. The molecule has 0 unspecified atom stereocenters. The van der Waals surface area contributed by atoms with Gasteiger partial charge >= 0.3 is 0 Å². The molecule has 0 fully saturated rings. The van der Waals surface area contributed by atoms with E-state index in [2.05, 4.69) is 10.3 Å². The lowest BCUT2D eigenvalue weighted by molar-refractivity contribution is 0.102. The Balaban J connectivity index is 1.57. The van der Waals surface area contributed by atoms with Crippen molar-refractivity contribution in [3.8, 4) is 5.69 Å². The fraction of sp³-hybridized carbons (Fsp3) is 0. The summed E-state index contributed by atoms with van der Waals surface area (Å²) in [6.07, 6.45) is 1.73. The minimum atomic E-state index is -0.794. The fourth-order valence-electron chi connectivity index (χ4n) is 2.76. The van der Waals surface area contributed by atoms with Crippen molar-refractivity contribution in [3.63, 3.8) is 0 Å². The molecule has 128 valence electrons. The predicted octanol–water partition coefficient (Wildman–Crippen LogP) is 4.56. The third-order valence-electron chi connectivity index (χ3n) is 3.98. The number of rotatable bonds is 3. The van der Waals surface area contributed by atoms with Crippen molar-refractivity contribution < 1.29 is 13.6 Å². The van der Waals surface area contributed by atoms with Crippen LogP contribution in [0.2, 0.25) is 0 Å². The first-order chi connectivity index (χ1) is 12.6. The van der Waals surface area contributed by atoms with E-state index in [4.69, 9.17) is 0 Å². The largest absolute Gasteiger partial charge is 0.322 e. The Labute approximate surface area is 147 Å². The van der Waals surface area contributed by atoms with Crippen molar-refractivity contribution in [2.75, 3.05) is 5.32 Å². The number of hydrogen-bond donors (Lipinski definition) is 1. The standard InChI is InChI=1S/C20H13F2N3O/c21-14-9-13(10-15(22)11-14)20(26)24-16-5-7-17(8-6-16)25-12-23-18-3-1-2-4-19(18)25/h1-12H,(H,24,26). The van der Waals surface area contributed by atoms with Gasteiger partial charge in [0.1, 0.15) is 18.0 Å². The molecule has 0 atom stereocenters. The zero-order valence-corrected chi connectivity index (χ0v) is 13.5. The van der Waals surface area contributed by atoms with Crippen molar-refractivity contribution in [2.45, 2.75) is 0 Å². The molecule has 0 spiro atoms. The van der Waals surface area contributed by atoms with Gasteiger partial charge in [-0.3, -0.25) is 9.36 Å². The lowest BCUT2D eigenvalue weighted by Crippen LogP contribution is -2.12. The van der Waals surface area contributed by atoms with Crippen molar-refractivity contribution in [1.82, 2.24) is 9.55 Å². The summed E-state index contributed by atoms with van der Waals surface area (Å²) >= 11 is 0. The second-order valence-electron chi connectivity index (χ2n) is 5.76. The smallest absolute Gasteiger partial charge is 0.255 e. The first-order valence-corrected chi connectivity index (χ1v) is 7.90. The van der Waals surface area contributed by atoms with Crippen molar-refractivity contribution >= 4 is 22.6 Å². The zero-order valence-electron chi connectivity index (χ0n) is 13.5. The molecule has 0 aliphatic rings. The number of aromatic nitrogens is 2. The van der Waals surface area contributed by atoms with Crippen LogP contribution in [0.1, 0.15) is 10.4 Å². The van der Waals surface area contributed by atoms with Crippen molar-refractivity contribution in [2.24, 2.45) is 0 Å². The van der Waals surface area contributed by atoms with Crippen LogP contribution in [0, 0.1) is 11.6 Å². The van der Waals surface area contributed by atoms with E-state index in [0.717, 1.165) is 34.9 Å². The Morgan fingerprint density at radius 2 is 1.62 bits per heavy atom. The lowest BCUT2D eigenvalue weighted by Gasteiger charge is -2.08. The van der Waals surface area contributed by atoms with E-state index in [1.165, 1.54) is 0 Å². The lowest BCUT2D eigenvalue weighted by atomic mass is 10.2. The Morgan fingerprint density at radius 3 is 2.35 bits per heavy atom. The van der Waals surface area contributed by atoms with E-state index in [1.807, 2.05) is 41.0 Å². The molecule has 0 saturated heterocycles. The number of fused-ring (bicyclic) bond motifs is 1. The minimum Gasteiger partial charge on any atom is -0.322 e. The number of amides is 1. The number of para-hydroxylation sites is 2. The molecule has 3 aromatic carbocycles. The number of hydrogen-bond acceptors (Lipinski definition) is 2. The van der Waals surface area contributed by atoms with Gasteiger partial charge in [-0.2, -0.15) is 0 Å². The highest BCUT2D eigenvalue weighted by Crippen LogP contribution is 2.20. The molecule has 1 aromatic heterocycles. The molecule has 1 heterocycles. The molecule has 4 aromatic rings. The highest BCUT2D eigenvalue weighted by molar-refractivity contribution is 6.04. The molecule has 0 aliphatic carbocycles. The van der Waals surface area contributed by atoms with Gasteiger partial charge in [0.05, 0.1) is 11.0 Å². The Hall–Kier alpha value is -3.54. The van der Waals surface area contributed by atoms with Crippen LogP contribution in [0.3, 0.4) is 0 Å². The fourth-order valence-corrected chi connectivity index (χ4v) is 2.76. The summed E-state index contributed by atoms with van der Waals surface area (Å²) in [5.41, 5.74) is 3.19. The normalized spacial score (nSPS) is 10.8. The van der Waals surface area contributed by atoms with Crippen LogP contribution in [-0.2, 0) is 0 Å². The number of nitrogens with one attached hydrogen (secondary N) is 1. The molecule has 0 radical (unpaired) electrons. The van der Waals surface area contributed by atoms with Gasteiger partial charge in [-0.05, 0) is 48.5 Å². The van der Waals surface area contributed by atoms with Crippen molar-refractivity contribution in [1.29, 1.82) is 0 Å². The maximum atomic E-state index is 13.2. The van der Waals surface area contributed by atoms with Gasteiger partial charge in [0.15, 0.2) is 0 Å². The van der Waals surface area contributed by atoms with Crippen LogP contribution in [0.15, 0.2) is 73.1 Å². The van der Waals surface area contributed by atoms with E-state index in [1.54, 1.807) is 18.5 Å². The van der Waals surface area contributed by atoms with Crippen LogP contribution >= 0.6 is 0 Å². The van der Waals surface area contributed by atoms with Crippen LogP contribution in [0.4, 0.5) is 14.5 Å². The van der Waals surface area contributed by atoms with E-state index >= 15 is 0 Å². The van der Waals surface area contributed by atoms with Crippen LogP contribution in [0.5, 0.6) is 0 Å². The van der Waals surface area contributed by atoms with Gasteiger partial charge in [-0.15, -0.1) is 0 Å². The van der Waals surface area contributed by atoms with Gasteiger partial charge < -0.3 is 5.32 Å². The maximum Gasteiger partial charge on any atom is 0.255 e. The number of anilines is 1. The molecule has 26 heavy (non-hydrogen) atoms. The predicted molar refractivity (Wildman–Crippen MR) is 95.4 cm³/mol.